The quantitative estimate of drug-likeness (QED) is 0.565. The molecule has 1 heterocycles. The molecule has 0 aliphatic carbocycles. The highest BCUT2D eigenvalue weighted by Crippen LogP contribution is 2.32. The van der Waals surface area contributed by atoms with Crippen molar-refractivity contribution >= 4 is 17.9 Å². The molecule has 2 N–H and O–H groups in total. The normalized spacial score (nSPS) is 11.6. The number of hydrazine groups is 1. The number of amides is 2. The van der Waals surface area contributed by atoms with Crippen molar-refractivity contribution in [3.63, 3.8) is 0 Å². The Morgan fingerprint density at radius 1 is 1.14 bits per heavy atom. The Morgan fingerprint density at radius 3 is 2.76 bits per heavy atom. The molecule has 148 valence electrons. The van der Waals surface area contributed by atoms with Crippen LogP contribution in [0.15, 0.2) is 42.5 Å². The molecular formula is C20H17N3O6. The molecule has 0 bridgehead atoms. The van der Waals surface area contributed by atoms with Crippen molar-refractivity contribution in [3.05, 3.63) is 53.6 Å². The summed E-state index contributed by atoms with van der Waals surface area (Å²) in [5, 5.41) is 8.58. The topological polar surface area (TPSA) is 119 Å². The third-order valence-corrected chi connectivity index (χ3v) is 3.84. The van der Waals surface area contributed by atoms with Crippen molar-refractivity contribution in [1.29, 1.82) is 5.26 Å². The van der Waals surface area contributed by atoms with Crippen LogP contribution in [0, 0.1) is 11.3 Å². The van der Waals surface area contributed by atoms with Crippen LogP contribution < -0.4 is 29.8 Å². The second-order valence-corrected chi connectivity index (χ2v) is 5.70. The van der Waals surface area contributed by atoms with Crippen LogP contribution in [0.2, 0.25) is 0 Å². The minimum absolute atomic E-state index is 0.100. The lowest BCUT2D eigenvalue weighted by atomic mass is 10.2. The maximum Gasteiger partial charge on any atom is 0.269 e. The van der Waals surface area contributed by atoms with Gasteiger partial charge >= 0.3 is 0 Å². The average molecular weight is 395 g/mol. The molecule has 9 nitrogen and oxygen atoms in total. The van der Waals surface area contributed by atoms with Gasteiger partial charge in [0, 0.05) is 11.6 Å². The van der Waals surface area contributed by atoms with Crippen molar-refractivity contribution in [1.82, 2.24) is 10.9 Å². The molecule has 0 saturated heterocycles. The molecule has 1 aliphatic rings. The largest absolute Gasteiger partial charge is 0.493 e. The smallest absolute Gasteiger partial charge is 0.269 e. The number of hydrogen-bond donors (Lipinski definition) is 2. The summed E-state index contributed by atoms with van der Waals surface area (Å²) >= 11 is 0. The van der Waals surface area contributed by atoms with Gasteiger partial charge in [-0.1, -0.05) is 6.07 Å². The first-order valence-corrected chi connectivity index (χ1v) is 8.46. The highest BCUT2D eigenvalue weighted by atomic mass is 16.7. The average Bonchev–Trinajstić information content (AvgIpc) is 3.22. The number of methoxy groups -OCH3 is 1. The van der Waals surface area contributed by atoms with Crippen molar-refractivity contribution in [2.75, 3.05) is 20.5 Å². The van der Waals surface area contributed by atoms with Gasteiger partial charge in [0.15, 0.2) is 29.6 Å². The van der Waals surface area contributed by atoms with Gasteiger partial charge in [-0.15, -0.1) is 0 Å². The molecule has 3 rings (SSSR count). The predicted molar refractivity (Wildman–Crippen MR) is 101 cm³/mol. The van der Waals surface area contributed by atoms with E-state index in [-0.39, 0.29) is 13.4 Å². The summed E-state index contributed by atoms with van der Waals surface area (Å²) in [5.74, 6) is 0.868. The summed E-state index contributed by atoms with van der Waals surface area (Å²) in [4.78, 5) is 24.1. The van der Waals surface area contributed by atoms with Gasteiger partial charge in [0.05, 0.1) is 7.11 Å². The van der Waals surface area contributed by atoms with E-state index in [1.165, 1.54) is 19.3 Å². The van der Waals surface area contributed by atoms with Crippen LogP contribution >= 0.6 is 0 Å². The Kier molecular flexibility index (Phi) is 6.17. The van der Waals surface area contributed by atoms with E-state index in [1.54, 1.807) is 36.4 Å². The molecule has 0 saturated carbocycles. The molecule has 1 aliphatic heterocycles. The molecular weight excluding hydrogens is 378 g/mol. The van der Waals surface area contributed by atoms with Gasteiger partial charge in [-0.05, 0) is 42.0 Å². The van der Waals surface area contributed by atoms with Crippen molar-refractivity contribution in [3.8, 4) is 29.1 Å². The Morgan fingerprint density at radius 2 is 1.97 bits per heavy atom. The zero-order valence-corrected chi connectivity index (χ0v) is 15.4. The zero-order chi connectivity index (χ0) is 20.6. The summed E-state index contributed by atoms with van der Waals surface area (Å²) in [5.41, 5.74) is 5.60. The fraction of sp³-hybridized carbons (Fsp3) is 0.150. The third-order valence-electron chi connectivity index (χ3n) is 3.84. The summed E-state index contributed by atoms with van der Waals surface area (Å²) in [6.07, 6.45) is 2.79. The first-order chi connectivity index (χ1) is 14.1. The van der Waals surface area contributed by atoms with E-state index >= 15 is 0 Å². The number of ether oxygens (including phenoxy) is 4. The molecule has 0 unspecified atom stereocenters. The Labute approximate surface area is 166 Å². The van der Waals surface area contributed by atoms with Crippen LogP contribution in [-0.4, -0.2) is 32.3 Å². The highest BCUT2D eigenvalue weighted by Gasteiger charge is 2.16. The minimum Gasteiger partial charge on any atom is -0.493 e. The number of nitriles is 1. The first-order valence-electron chi connectivity index (χ1n) is 8.46. The number of fused-ring (bicyclic) bond motifs is 1. The minimum atomic E-state index is -0.525. The van der Waals surface area contributed by atoms with E-state index in [4.69, 9.17) is 24.2 Å². The van der Waals surface area contributed by atoms with Gasteiger partial charge in [0.1, 0.15) is 6.07 Å². The van der Waals surface area contributed by atoms with Gasteiger partial charge < -0.3 is 18.9 Å². The summed E-state index contributed by atoms with van der Waals surface area (Å²) in [7, 11) is 1.47. The molecule has 0 atom stereocenters. The lowest BCUT2D eigenvalue weighted by Crippen LogP contribution is -2.40. The maximum absolute atomic E-state index is 12.1. The number of carbonyl (C=O) groups excluding carboxylic acids is 2. The Balaban J connectivity index is 1.55. The molecule has 2 aromatic carbocycles. The molecule has 0 fully saturated rings. The van der Waals surface area contributed by atoms with E-state index in [1.807, 2.05) is 6.07 Å². The number of rotatable bonds is 6. The van der Waals surface area contributed by atoms with Crippen LogP contribution in [0.3, 0.4) is 0 Å². The van der Waals surface area contributed by atoms with Gasteiger partial charge in [0.2, 0.25) is 6.79 Å². The maximum atomic E-state index is 12.1. The number of nitrogens with zero attached hydrogens (tertiary/aromatic N) is 1. The number of hydrogen-bond acceptors (Lipinski definition) is 7. The van der Waals surface area contributed by atoms with Crippen LogP contribution in [-0.2, 0) is 4.79 Å². The first kappa shape index (κ1) is 19.6. The fourth-order valence-corrected chi connectivity index (χ4v) is 2.46. The number of nitrogens with one attached hydrogen (secondary N) is 2. The van der Waals surface area contributed by atoms with Crippen LogP contribution in [0.25, 0.3) is 6.08 Å². The Bertz CT molecular complexity index is 996. The van der Waals surface area contributed by atoms with Gasteiger partial charge in [-0.25, -0.2) is 0 Å². The van der Waals surface area contributed by atoms with Crippen LogP contribution in [0.5, 0.6) is 23.0 Å². The number of benzene rings is 2. The van der Waals surface area contributed by atoms with E-state index in [0.29, 0.717) is 34.1 Å². The fourth-order valence-electron chi connectivity index (χ4n) is 2.46. The lowest BCUT2D eigenvalue weighted by molar-refractivity contribution is -0.117. The van der Waals surface area contributed by atoms with Gasteiger partial charge in [-0.2, -0.15) is 5.26 Å². The highest BCUT2D eigenvalue weighted by molar-refractivity contribution is 5.98. The second kappa shape index (κ2) is 9.14. The molecule has 0 aromatic heterocycles. The monoisotopic (exact) mass is 395 g/mol. The van der Waals surface area contributed by atoms with E-state index in [9.17, 15) is 9.59 Å². The predicted octanol–water partition coefficient (Wildman–Crippen LogP) is 1.80. The molecule has 9 heteroatoms. The molecule has 0 spiro atoms. The van der Waals surface area contributed by atoms with E-state index in [2.05, 4.69) is 10.9 Å². The van der Waals surface area contributed by atoms with Crippen molar-refractivity contribution < 1.29 is 28.5 Å². The van der Waals surface area contributed by atoms with Crippen LogP contribution in [0.4, 0.5) is 0 Å². The van der Waals surface area contributed by atoms with Crippen LogP contribution in [0.1, 0.15) is 15.9 Å². The Hall–Kier alpha value is -4.19. The lowest BCUT2D eigenvalue weighted by Gasteiger charge is -2.09. The standard InChI is InChI=1S/C20H17N3O6/c1-26-17-10-13(2-5-15(17)27-9-8-21)3-7-19(24)22-23-20(25)14-4-6-16-18(11-14)29-12-28-16/h2-7,10-11H,9,12H2,1H3,(H,22,24)(H,23,25)/b7-3+. The summed E-state index contributed by atoms with van der Waals surface area (Å²) in [6.45, 7) is 0.00910. The SMILES string of the molecule is COc1cc(/C=C/C(=O)NNC(=O)c2ccc3c(c2)OCO3)ccc1OCC#N. The molecule has 0 radical (unpaired) electrons. The number of carbonyl (C=O) groups is 2. The third kappa shape index (κ3) is 4.95. The van der Waals surface area contributed by atoms with E-state index < -0.39 is 11.8 Å². The van der Waals surface area contributed by atoms with E-state index in [0.717, 1.165) is 0 Å². The molecule has 2 amide bonds. The summed E-state index contributed by atoms with van der Waals surface area (Å²) in [6, 6.07) is 11.6. The van der Waals surface area contributed by atoms with Crippen molar-refractivity contribution in [2.24, 2.45) is 0 Å². The van der Waals surface area contributed by atoms with Gasteiger partial charge in [0.25, 0.3) is 11.8 Å². The summed E-state index contributed by atoms with van der Waals surface area (Å²) < 4.78 is 20.8. The second-order valence-electron chi connectivity index (χ2n) is 5.70. The van der Waals surface area contributed by atoms with Crippen molar-refractivity contribution in [2.45, 2.75) is 0 Å². The zero-order valence-electron chi connectivity index (χ0n) is 15.4. The molecule has 29 heavy (non-hydrogen) atoms. The van der Waals surface area contributed by atoms with Gasteiger partial charge in [-0.3, -0.25) is 20.4 Å². The molecule has 2 aromatic rings.